The lowest BCUT2D eigenvalue weighted by Crippen LogP contribution is -2.28. The van der Waals surface area contributed by atoms with Crippen LogP contribution in [-0.2, 0) is 0 Å². The summed E-state index contributed by atoms with van der Waals surface area (Å²) in [7, 11) is 0. The minimum absolute atomic E-state index is 0.275. The predicted octanol–water partition coefficient (Wildman–Crippen LogP) is 3.77. The van der Waals surface area contributed by atoms with E-state index in [4.69, 9.17) is 0 Å². The zero-order chi connectivity index (χ0) is 12.1. The van der Waals surface area contributed by atoms with Gasteiger partial charge >= 0.3 is 0 Å². The van der Waals surface area contributed by atoms with E-state index in [1.54, 1.807) is 0 Å². The third-order valence-corrected chi connectivity index (χ3v) is 2.77. The maximum absolute atomic E-state index is 3.61. The number of rotatable bonds is 4. The summed E-state index contributed by atoms with van der Waals surface area (Å²) in [5.41, 5.74) is 2.62. The van der Waals surface area contributed by atoms with Crippen molar-refractivity contribution in [3.63, 3.8) is 0 Å². The Morgan fingerprint density at radius 3 is 1.47 bits per heavy atom. The van der Waals surface area contributed by atoms with Crippen LogP contribution in [0, 0.1) is 0 Å². The predicted molar refractivity (Wildman–Crippen MR) is 73.0 cm³/mol. The van der Waals surface area contributed by atoms with Crippen LogP contribution in [-0.4, -0.2) is 6.04 Å². The maximum Gasteiger partial charge on any atom is 0.0578 e. The van der Waals surface area contributed by atoms with E-state index >= 15 is 0 Å². The van der Waals surface area contributed by atoms with Gasteiger partial charge in [-0.3, -0.25) is 0 Å². The standard InChI is InChI=1S/C16H19N/c1-13(2)17-16(14-9-5-3-6-10-14)15-11-7-4-8-12-15/h3-13,16-17H,1-2H3. The van der Waals surface area contributed by atoms with Crippen molar-refractivity contribution in [2.45, 2.75) is 25.9 Å². The third-order valence-electron chi connectivity index (χ3n) is 2.77. The van der Waals surface area contributed by atoms with Crippen molar-refractivity contribution in [3.8, 4) is 0 Å². The van der Waals surface area contributed by atoms with Crippen molar-refractivity contribution < 1.29 is 0 Å². The molecule has 2 aromatic carbocycles. The Balaban J connectivity index is 2.32. The molecule has 0 aliphatic heterocycles. The van der Waals surface area contributed by atoms with Crippen LogP contribution in [0.1, 0.15) is 31.0 Å². The molecule has 0 aliphatic rings. The fourth-order valence-corrected chi connectivity index (χ4v) is 2.01. The second kappa shape index (κ2) is 5.65. The number of nitrogens with one attached hydrogen (secondary N) is 1. The topological polar surface area (TPSA) is 12.0 Å². The summed E-state index contributed by atoms with van der Waals surface area (Å²) in [6.07, 6.45) is 0. The molecule has 17 heavy (non-hydrogen) atoms. The van der Waals surface area contributed by atoms with Gasteiger partial charge in [0.15, 0.2) is 0 Å². The van der Waals surface area contributed by atoms with Gasteiger partial charge in [0.2, 0.25) is 0 Å². The van der Waals surface area contributed by atoms with E-state index in [2.05, 4.69) is 79.8 Å². The van der Waals surface area contributed by atoms with Gasteiger partial charge in [0.1, 0.15) is 0 Å². The average molecular weight is 225 g/mol. The molecule has 0 fully saturated rings. The first-order valence-corrected chi connectivity index (χ1v) is 6.13. The smallest absolute Gasteiger partial charge is 0.0578 e. The van der Waals surface area contributed by atoms with Crippen molar-refractivity contribution in [2.24, 2.45) is 0 Å². The normalized spacial score (nSPS) is 11.1. The molecule has 2 aromatic rings. The van der Waals surface area contributed by atoms with E-state index in [1.165, 1.54) is 11.1 Å². The van der Waals surface area contributed by atoms with Crippen LogP contribution in [0.3, 0.4) is 0 Å². The molecule has 0 saturated heterocycles. The molecule has 0 unspecified atom stereocenters. The van der Waals surface area contributed by atoms with E-state index in [-0.39, 0.29) is 6.04 Å². The van der Waals surface area contributed by atoms with E-state index in [1.807, 2.05) is 0 Å². The monoisotopic (exact) mass is 225 g/mol. The lowest BCUT2D eigenvalue weighted by atomic mass is 9.98. The van der Waals surface area contributed by atoms with Crippen LogP contribution in [0.4, 0.5) is 0 Å². The van der Waals surface area contributed by atoms with Crippen molar-refractivity contribution >= 4 is 0 Å². The Bertz CT molecular complexity index is 394. The van der Waals surface area contributed by atoms with Crippen molar-refractivity contribution in [1.29, 1.82) is 0 Å². The summed E-state index contributed by atoms with van der Waals surface area (Å²) >= 11 is 0. The van der Waals surface area contributed by atoms with Gasteiger partial charge in [-0.15, -0.1) is 0 Å². The zero-order valence-corrected chi connectivity index (χ0v) is 10.4. The van der Waals surface area contributed by atoms with E-state index in [0.717, 1.165) is 0 Å². The Kier molecular flexibility index (Phi) is 3.94. The van der Waals surface area contributed by atoms with Gasteiger partial charge in [0, 0.05) is 6.04 Å². The van der Waals surface area contributed by atoms with Crippen LogP contribution in [0.15, 0.2) is 60.7 Å². The molecule has 0 saturated carbocycles. The molecule has 88 valence electrons. The molecule has 0 amide bonds. The highest BCUT2D eigenvalue weighted by Gasteiger charge is 2.13. The number of hydrogen-bond donors (Lipinski definition) is 1. The minimum Gasteiger partial charge on any atom is -0.304 e. The van der Waals surface area contributed by atoms with Gasteiger partial charge in [-0.25, -0.2) is 0 Å². The first kappa shape index (κ1) is 11.9. The van der Waals surface area contributed by atoms with E-state index in [0.29, 0.717) is 6.04 Å². The fraction of sp³-hybridized carbons (Fsp3) is 0.250. The summed E-state index contributed by atoms with van der Waals surface area (Å²) in [5.74, 6) is 0. The molecule has 0 aliphatic carbocycles. The first-order valence-electron chi connectivity index (χ1n) is 6.13. The van der Waals surface area contributed by atoms with Gasteiger partial charge in [-0.05, 0) is 25.0 Å². The van der Waals surface area contributed by atoms with Gasteiger partial charge < -0.3 is 5.32 Å². The molecule has 0 bridgehead atoms. The van der Waals surface area contributed by atoms with Crippen LogP contribution >= 0.6 is 0 Å². The third kappa shape index (κ3) is 3.18. The Labute approximate surface area is 103 Å². The lowest BCUT2D eigenvalue weighted by Gasteiger charge is -2.22. The maximum atomic E-state index is 3.61. The largest absolute Gasteiger partial charge is 0.304 e. The summed E-state index contributed by atoms with van der Waals surface area (Å²) in [5, 5.41) is 3.61. The summed E-state index contributed by atoms with van der Waals surface area (Å²) in [6.45, 7) is 4.36. The molecule has 0 heterocycles. The molecule has 1 N–H and O–H groups in total. The van der Waals surface area contributed by atoms with Gasteiger partial charge in [0.05, 0.1) is 6.04 Å². The number of hydrogen-bond acceptors (Lipinski definition) is 1. The second-order valence-electron chi connectivity index (χ2n) is 4.58. The lowest BCUT2D eigenvalue weighted by molar-refractivity contribution is 0.529. The molecule has 1 heteroatoms. The molecule has 0 atom stereocenters. The highest BCUT2D eigenvalue weighted by molar-refractivity contribution is 5.31. The van der Waals surface area contributed by atoms with Crippen LogP contribution in [0.2, 0.25) is 0 Å². The van der Waals surface area contributed by atoms with Crippen LogP contribution < -0.4 is 5.32 Å². The Morgan fingerprint density at radius 2 is 1.12 bits per heavy atom. The highest BCUT2D eigenvalue weighted by atomic mass is 14.9. The minimum atomic E-state index is 0.275. The van der Waals surface area contributed by atoms with Crippen molar-refractivity contribution in [3.05, 3.63) is 71.8 Å². The Hall–Kier alpha value is -1.60. The molecule has 0 radical (unpaired) electrons. The first-order chi connectivity index (χ1) is 8.27. The fourth-order valence-electron chi connectivity index (χ4n) is 2.01. The molecular formula is C16H19N. The molecular weight excluding hydrogens is 206 g/mol. The van der Waals surface area contributed by atoms with Gasteiger partial charge in [0.25, 0.3) is 0 Å². The zero-order valence-electron chi connectivity index (χ0n) is 10.4. The Morgan fingerprint density at radius 1 is 0.706 bits per heavy atom. The number of benzene rings is 2. The van der Waals surface area contributed by atoms with E-state index < -0.39 is 0 Å². The molecule has 1 nitrogen and oxygen atoms in total. The SMILES string of the molecule is CC(C)NC(c1ccccc1)c1ccccc1. The van der Waals surface area contributed by atoms with E-state index in [9.17, 15) is 0 Å². The van der Waals surface area contributed by atoms with Crippen LogP contribution in [0.25, 0.3) is 0 Å². The second-order valence-corrected chi connectivity index (χ2v) is 4.58. The van der Waals surface area contributed by atoms with Crippen LogP contribution in [0.5, 0.6) is 0 Å². The van der Waals surface area contributed by atoms with Gasteiger partial charge in [-0.1, -0.05) is 60.7 Å². The summed E-state index contributed by atoms with van der Waals surface area (Å²) in [6, 6.07) is 21.9. The molecule has 0 spiro atoms. The highest BCUT2D eigenvalue weighted by Crippen LogP contribution is 2.22. The van der Waals surface area contributed by atoms with Crippen molar-refractivity contribution in [1.82, 2.24) is 5.32 Å². The van der Waals surface area contributed by atoms with Crippen molar-refractivity contribution in [2.75, 3.05) is 0 Å². The molecule has 0 aromatic heterocycles. The summed E-state index contributed by atoms with van der Waals surface area (Å²) < 4.78 is 0. The molecule has 2 rings (SSSR count). The summed E-state index contributed by atoms with van der Waals surface area (Å²) in [4.78, 5) is 0. The quantitative estimate of drug-likeness (QED) is 0.835. The van der Waals surface area contributed by atoms with Gasteiger partial charge in [-0.2, -0.15) is 0 Å². The average Bonchev–Trinajstić information content (AvgIpc) is 2.38.